The lowest BCUT2D eigenvalue weighted by atomic mass is 10.1. The molecule has 0 heterocycles. The van der Waals surface area contributed by atoms with Crippen molar-refractivity contribution in [2.45, 2.75) is 39.3 Å². The molecule has 0 bridgehead atoms. The Bertz CT molecular complexity index is 761. The SMILES string of the molecule is CCOC(=O)[C@H](OCc1ccc(OC)cc1)[C@@H](OCc1ccc(OC)cc1)C(=O)OCC. The first-order chi connectivity index (χ1) is 15.5. The number of benzene rings is 2. The quantitative estimate of drug-likeness (QED) is 0.433. The maximum atomic E-state index is 12.6. The summed E-state index contributed by atoms with van der Waals surface area (Å²) in [4.78, 5) is 25.3. The molecule has 0 saturated carbocycles. The topological polar surface area (TPSA) is 89.5 Å². The molecule has 2 atom stereocenters. The maximum absolute atomic E-state index is 12.6. The molecule has 0 radical (unpaired) electrons. The minimum absolute atomic E-state index is 0.0648. The van der Waals surface area contributed by atoms with E-state index < -0.39 is 24.1 Å². The van der Waals surface area contributed by atoms with Gasteiger partial charge in [0, 0.05) is 0 Å². The highest BCUT2D eigenvalue weighted by Crippen LogP contribution is 2.18. The molecule has 0 aromatic heterocycles. The Hall–Kier alpha value is -3.10. The molecule has 2 aromatic carbocycles. The third kappa shape index (κ3) is 7.55. The van der Waals surface area contributed by atoms with Gasteiger partial charge in [-0.25, -0.2) is 9.59 Å². The average Bonchev–Trinajstić information content (AvgIpc) is 2.82. The number of rotatable bonds is 13. The smallest absolute Gasteiger partial charge is 0.338 e. The fraction of sp³-hybridized carbons (Fsp3) is 0.417. The summed E-state index contributed by atoms with van der Waals surface area (Å²) in [6.45, 7) is 3.75. The molecule has 32 heavy (non-hydrogen) atoms. The lowest BCUT2D eigenvalue weighted by Gasteiger charge is -2.24. The molecule has 8 heteroatoms. The van der Waals surface area contributed by atoms with Gasteiger partial charge in [-0.1, -0.05) is 24.3 Å². The third-order valence-electron chi connectivity index (χ3n) is 4.49. The summed E-state index contributed by atoms with van der Waals surface area (Å²) in [5.74, 6) is -0.00609. The van der Waals surface area contributed by atoms with Crippen LogP contribution in [0.25, 0.3) is 0 Å². The summed E-state index contributed by atoms with van der Waals surface area (Å²) in [5.41, 5.74) is 1.58. The van der Waals surface area contributed by atoms with E-state index in [9.17, 15) is 9.59 Å². The fourth-order valence-electron chi connectivity index (χ4n) is 2.82. The Morgan fingerprint density at radius 2 is 1.00 bits per heavy atom. The second-order valence-corrected chi connectivity index (χ2v) is 6.66. The molecule has 8 nitrogen and oxygen atoms in total. The Labute approximate surface area is 188 Å². The van der Waals surface area contributed by atoms with E-state index >= 15 is 0 Å². The van der Waals surface area contributed by atoms with Gasteiger partial charge >= 0.3 is 11.9 Å². The molecule has 0 saturated heterocycles. The van der Waals surface area contributed by atoms with Gasteiger partial charge in [-0.05, 0) is 49.2 Å². The maximum Gasteiger partial charge on any atom is 0.338 e. The molecule has 2 aromatic rings. The molecule has 2 rings (SSSR count). The average molecular weight is 446 g/mol. The van der Waals surface area contributed by atoms with E-state index in [0.29, 0.717) is 11.5 Å². The fourth-order valence-corrected chi connectivity index (χ4v) is 2.82. The van der Waals surface area contributed by atoms with Gasteiger partial charge in [-0.3, -0.25) is 0 Å². The molecule has 0 spiro atoms. The number of hydrogen-bond acceptors (Lipinski definition) is 8. The second-order valence-electron chi connectivity index (χ2n) is 6.66. The predicted molar refractivity (Wildman–Crippen MR) is 116 cm³/mol. The van der Waals surface area contributed by atoms with Gasteiger partial charge in [0.25, 0.3) is 0 Å². The summed E-state index contributed by atoms with van der Waals surface area (Å²) >= 11 is 0. The zero-order valence-electron chi connectivity index (χ0n) is 18.9. The number of ether oxygens (including phenoxy) is 6. The molecule has 0 aliphatic heterocycles. The Morgan fingerprint density at radius 1 is 0.656 bits per heavy atom. The lowest BCUT2D eigenvalue weighted by molar-refractivity contribution is -0.185. The highest BCUT2D eigenvalue weighted by atomic mass is 16.6. The second kappa shape index (κ2) is 13.3. The summed E-state index contributed by atoms with van der Waals surface area (Å²) in [6.07, 6.45) is -2.59. The van der Waals surface area contributed by atoms with E-state index in [-0.39, 0.29) is 26.4 Å². The van der Waals surface area contributed by atoms with Crippen molar-refractivity contribution in [2.75, 3.05) is 27.4 Å². The summed E-state index contributed by atoms with van der Waals surface area (Å²) in [5, 5.41) is 0. The van der Waals surface area contributed by atoms with Gasteiger partial charge in [-0.2, -0.15) is 0 Å². The Kier molecular flexibility index (Phi) is 10.5. The Balaban J connectivity index is 2.18. The molecule has 174 valence electrons. The van der Waals surface area contributed by atoms with Gasteiger partial charge < -0.3 is 28.4 Å². The molecule has 0 fully saturated rings. The van der Waals surface area contributed by atoms with E-state index in [2.05, 4.69) is 0 Å². The van der Waals surface area contributed by atoms with E-state index in [1.165, 1.54) is 0 Å². The molecule has 0 amide bonds. The largest absolute Gasteiger partial charge is 0.497 e. The lowest BCUT2D eigenvalue weighted by Crippen LogP contribution is -2.45. The van der Waals surface area contributed by atoms with Crippen molar-refractivity contribution in [3.63, 3.8) is 0 Å². The van der Waals surface area contributed by atoms with E-state index in [1.54, 1.807) is 76.6 Å². The van der Waals surface area contributed by atoms with Crippen molar-refractivity contribution in [2.24, 2.45) is 0 Å². The predicted octanol–water partition coefficient (Wildman–Crippen LogP) is 3.30. The zero-order valence-corrected chi connectivity index (χ0v) is 18.9. The van der Waals surface area contributed by atoms with Crippen molar-refractivity contribution < 1.29 is 38.0 Å². The number of methoxy groups -OCH3 is 2. The van der Waals surface area contributed by atoms with Crippen LogP contribution in [-0.2, 0) is 41.8 Å². The first kappa shape index (κ1) is 25.2. The number of esters is 2. The van der Waals surface area contributed by atoms with E-state index in [1.807, 2.05) is 0 Å². The van der Waals surface area contributed by atoms with E-state index in [4.69, 9.17) is 28.4 Å². The first-order valence-corrected chi connectivity index (χ1v) is 10.3. The molecular formula is C24H30O8. The van der Waals surface area contributed by atoms with Crippen LogP contribution in [0.15, 0.2) is 48.5 Å². The summed E-state index contributed by atoms with van der Waals surface area (Å²) in [7, 11) is 3.15. The van der Waals surface area contributed by atoms with Gasteiger partial charge in [0.2, 0.25) is 0 Å². The molecular weight excluding hydrogens is 416 g/mol. The van der Waals surface area contributed by atoms with E-state index in [0.717, 1.165) is 11.1 Å². The summed E-state index contributed by atoms with van der Waals surface area (Å²) < 4.78 is 32.2. The normalized spacial score (nSPS) is 12.5. The minimum atomic E-state index is -1.30. The van der Waals surface area contributed by atoms with Crippen molar-refractivity contribution in [1.82, 2.24) is 0 Å². The van der Waals surface area contributed by atoms with Crippen LogP contribution in [0.1, 0.15) is 25.0 Å². The van der Waals surface area contributed by atoms with Crippen molar-refractivity contribution in [1.29, 1.82) is 0 Å². The number of hydrogen-bond donors (Lipinski definition) is 0. The van der Waals surface area contributed by atoms with Gasteiger partial charge in [0.05, 0.1) is 40.6 Å². The van der Waals surface area contributed by atoms with Crippen molar-refractivity contribution >= 4 is 11.9 Å². The van der Waals surface area contributed by atoms with Crippen molar-refractivity contribution in [3.8, 4) is 11.5 Å². The van der Waals surface area contributed by atoms with Crippen LogP contribution in [0, 0.1) is 0 Å². The number of carbonyl (C=O) groups excluding carboxylic acids is 2. The monoisotopic (exact) mass is 446 g/mol. The van der Waals surface area contributed by atoms with Gasteiger partial charge in [0.1, 0.15) is 11.5 Å². The van der Waals surface area contributed by atoms with Crippen LogP contribution in [0.2, 0.25) is 0 Å². The molecule has 0 aliphatic carbocycles. The third-order valence-corrected chi connectivity index (χ3v) is 4.49. The Morgan fingerprint density at radius 3 is 1.28 bits per heavy atom. The van der Waals surface area contributed by atoms with Crippen LogP contribution in [0.4, 0.5) is 0 Å². The first-order valence-electron chi connectivity index (χ1n) is 10.3. The van der Waals surface area contributed by atoms with Crippen LogP contribution in [0.3, 0.4) is 0 Å². The molecule has 0 unspecified atom stereocenters. The standard InChI is InChI=1S/C24H30O8/c1-5-29-23(25)21(31-15-17-7-11-19(27-3)12-8-17)22(24(26)30-6-2)32-16-18-9-13-20(28-4)14-10-18/h7-14,21-22H,5-6,15-16H2,1-4H3/t21-,22-/m1/s1. The van der Waals surface area contributed by atoms with Crippen LogP contribution < -0.4 is 9.47 Å². The van der Waals surface area contributed by atoms with Crippen LogP contribution in [0.5, 0.6) is 11.5 Å². The van der Waals surface area contributed by atoms with Crippen molar-refractivity contribution in [3.05, 3.63) is 59.7 Å². The number of carbonyl (C=O) groups is 2. The van der Waals surface area contributed by atoms with Crippen LogP contribution in [-0.4, -0.2) is 51.6 Å². The van der Waals surface area contributed by atoms with Gasteiger partial charge in [-0.15, -0.1) is 0 Å². The van der Waals surface area contributed by atoms with Crippen LogP contribution >= 0.6 is 0 Å². The highest BCUT2D eigenvalue weighted by molar-refractivity contribution is 5.85. The highest BCUT2D eigenvalue weighted by Gasteiger charge is 2.38. The molecule has 0 N–H and O–H groups in total. The van der Waals surface area contributed by atoms with Gasteiger partial charge in [0.15, 0.2) is 12.2 Å². The molecule has 0 aliphatic rings. The minimum Gasteiger partial charge on any atom is -0.497 e. The zero-order chi connectivity index (χ0) is 23.3. The summed E-state index contributed by atoms with van der Waals surface area (Å²) in [6, 6.07) is 14.3.